The van der Waals surface area contributed by atoms with Gasteiger partial charge >= 0.3 is 0 Å². The predicted octanol–water partition coefficient (Wildman–Crippen LogP) is 5.54. The molecule has 132 valence electrons. The summed E-state index contributed by atoms with van der Waals surface area (Å²) in [4.78, 5) is 13.2. The minimum Gasteiger partial charge on any atom is -0.326 e. The summed E-state index contributed by atoms with van der Waals surface area (Å²) in [6.07, 6.45) is 1.18. The third-order valence-electron chi connectivity index (χ3n) is 3.94. The minimum atomic E-state index is -0.248. The quantitative estimate of drug-likeness (QED) is 0.557. The SMILES string of the molecule is O=C(CCSc1ccc(F)cc1)Nc1ccccc1Cc1ccccc1. The van der Waals surface area contributed by atoms with Gasteiger partial charge in [-0.25, -0.2) is 4.39 Å². The fourth-order valence-electron chi connectivity index (χ4n) is 2.62. The Labute approximate surface area is 157 Å². The highest BCUT2D eigenvalue weighted by molar-refractivity contribution is 7.99. The number of rotatable bonds is 7. The summed E-state index contributed by atoms with van der Waals surface area (Å²) >= 11 is 1.55. The van der Waals surface area contributed by atoms with Crippen LogP contribution >= 0.6 is 11.8 Å². The minimum absolute atomic E-state index is 0.0138. The van der Waals surface area contributed by atoms with Crippen LogP contribution in [-0.4, -0.2) is 11.7 Å². The topological polar surface area (TPSA) is 29.1 Å². The van der Waals surface area contributed by atoms with Crippen molar-refractivity contribution in [3.8, 4) is 0 Å². The van der Waals surface area contributed by atoms with Crippen LogP contribution in [0.1, 0.15) is 17.5 Å². The Morgan fingerprint density at radius 3 is 2.35 bits per heavy atom. The molecule has 0 saturated carbocycles. The fourth-order valence-corrected chi connectivity index (χ4v) is 3.47. The molecule has 0 spiro atoms. The van der Waals surface area contributed by atoms with Crippen molar-refractivity contribution in [3.63, 3.8) is 0 Å². The highest BCUT2D eigenvalue weighted by Gasteiger charge is 2.07. The highest BCUT2D eigenvalue weighted by atomic mass is 32.2. The van der Waals surface area contributed by atoms with E-state index in [4.69, 9.17) is 0 Å². The van der Waals surface area contributed by atoms with Crippen molar-refractivity contribution < 1.29 is 9.18 Å². The lowest BCUT2D eigenvalue weighted by atomic mass is 10.0. The molecule has 1 N–H and O–H groups in total. The Bertz CT molecular complexity index is 850. The van der Waals surface area contributed by atoms with Crippen LogP contribution < -0.4 is 5.32 Å². The molecule has 3 aromatic rings. The summed E-state index contributed by atoms with van der Waals surface area (Å²) in [6.45, 7) is 0. The maximum absolute atomic E-state index is 12.9. The van der Waals surface area contributed by atoms with Crippen molar-refractivity contribution in [2.45, 2.75) is 17.7 Å². The number of benzene rings is 3. The van der Waals surface area contributed by atoms with Crippen LogP contribution in [0.25, 0.3) is 0 Å². The first kappa shape index (κ1) is 18.2. The predicted molar refractivity (Wildman–Crippen MR) is 106 cm³/mol. The van der Waals surface area contributed by atoms with E-state index in [1.165, 1.54) is 17.7 Å². The second-order valence-corrected chi connectivity index (χ2v) is 7.09. The molecule has 3 rings (SSSR count). The molecule has 0 unspecified atom stereocenters. The number of hydrogen-bond acceptors (Lipinski definition) is 2. The molecule has 0 aliphatic rings. The van der Waals surface area contributed by atoms with Crippen LogP contribution in [0.5, 0.6) is 0 Å². The van der Waals surface area contributed by atoms with Gasteiger partial charge in [0.2, 0.25) is 5.91 Å². The Kier molecular flexibility index (Phi) is 6.45. The molecule has 0 heterocycles. The van der Waals surface area contributed by atoms with Crippen molar-refractivity contribution >= 4 is 23.4 Å². The first-order chi connectivity index (χ1) is 12.7. The molecule has 4 heteroatoms. The van der Waals surface area contributed by atoms with E-state index in [0.29, 0.717) is 12.2 Å². The summed E-state index contributed by atoms with van der Waals surface area (Å²) in [5, 5.41) is 3.01. The summed E-state index contributed by atoms with van der Waals surface area (Å²) in [5.74, 6) is 0.389. The number of thioether (sulfide) groups is 1. The molecule has 1 amide bonds. The van der Waals surface area contributed by atoms with Crippen molar-refractivity contribution in [1.82, 2.24) is 0 Å². The number of amides is 1. The molecule has 0 aliphatic carbocycles. The fraction of sp³-hybridized carbons (Fsp3) is 0.136. The number of para-hydroxylation sites is 1. The van der Waals surface area contributed by atoms with Gasteiger partial charge in [-0.05, 0) is 47.9 Å². The van der Waals surface area contributed by atoms with E-state index < -0.39 is 0 Å². The van der Waals surface area contributed by atoms with Gasteiger partial charge in [0, 0.05) is 22.8 Å². The molecular formula is C22H20FNOS. The first-order valence-corrected chi connectivity index (χ1v) is 9.49. The van der Waals surface area contributed by atoms with E-state index in [0.717, 1.165) is 22.6 Å². The van der Waals surface area contributed by atoms with Gasteiger partial charge in [0.05, 0.1) is 0 Å². The monoisotopic (exact) mass is 365 g/mol. The number of carbonyl (C=O) groups excluding carboxylic acids is 1. The Morgan fingerprint density at radius 1 is 0.885 bits per heavy atom. The largest absolute Gasteiger partial charge is 0.326 e. The molecule has 2 nitrogen and oxygen atoms in total. The number of anilines is 1. The van der Waals surface area contributed by atoms with Crippen molar-refractivity contribution in [1.29, 1.82) is 0 Å². The molecule has 0 radical (unpaired) electrons. The van der Waals surface area contributed by atoms with Gasteiger partial charge in [-0.15, -0.1) is 11.8 Å². The number of hydrogen-bond donors (Lipinski definition) is 1. The first-order valence-electron chi connectivity index (χ1n) is 8.51. The molecule has 3 aromatic carbocycles. The Balaban J connectivity index is 1.55. The summed E-state index contributed by atoms with van der Waals surface area (Å²) in [7, 11) is 0. The molecule has 0 aromatic heterocycles. The van der Waals surface area contributed by atoms with Gasteiger partial charge in [-0.2, -0.15) is 0 Å². The molecule has 0 atom stereocenters. The average molecular weight is 365 g/mol. The zero-order valence-corrected chi connectivity index (χ0v) is 15.1. The van der Waals surface area contributed by atoms with Gasteiger partial charge in [0.1, 0.15) is 5.82 Å². The van der Waals surface area contributed by atoms with E-state index in [9.17, 15) is 9.18 Å². The van der Waals surface area contributed by atoms with Crippen LogP contribution in [0.3, 0.4) is 0 Å². The van der Waals surface area contributed by atoms with Gasteiger partial charge in [0.15, 0.2) is 0 Å². The van der Waals surface area contributed by atoms with E-state index in [2.05, 4.69) is 17.4 Å². The smallest absolute Gasteiger partial charge is 0.225 e. The van der Waals surface area contributed by atoms with E-state index in [1.807, 2.05) is 42.5 Å². The maximum Gasteiger partial charge on any atom is 0.225 e. The number of carbonyl (C=O) groups is 1. The highest BCUT2D eigenvalue weighted by Crippen LogP contribution is 2.21. The molecule has 0 aliphatic heterocycles. The maximum atomic E-state index is 12.9. The number of halogens is 1. The van der Waals surface area contributed by atoms with Crippen molar-refractivity contribution in [2.75, 3.05) is 11.1 Å². The summed E-state index contributed by atoms with van der Waals surface area (Å²) in [5.41, 5.74) is 3.16. The van der Waals surface area contributed by atoms with Gasteiger partial charge in [-0.1, -0.05) is 48.5 Å². The third kappa shape index (κ3) is 5.46. The van der Waals surface area contributed by atoms with Crippen LogP contribution in [0.2, 0.25) is 0 Å². The lowest BCUT2D eigenvalue weighted by Gasteiger charge is -2.11. The van der Waals surface area contributed by atoms with E-state index >= 15 is 0 Å². The normalized spacial score (nSPS) is 10.5. The standard InChI is InChI=1S/C22H20FNOS/c23-19-10-12-20(13-11-19)26-15-14-22(25)24-21-9-5-4-8-18(21)16-17-6-2-1-3-7-17/h1-13H,14-16H2,(H,24,25). The zero-order valence-electron chi connectivity index (χ0n) is 14.3. The second-order valence-electron chi connectivity index (χ2n) is 5.92. The summed E-state index contributed by atoms with van der Waals surface area (Å²) in [6, 6.07) is 24.4. The Morgan fingerprint density at radius 2 is 1.58 bits per heavy atom. The van der Waals surface area contributed by atoms with Gasteiger partial charge < -0.3 is 5.32 Å². The van der Waals surface area contributed by atoms with Crippen LogP contribution in [0, 0.1) is 5.82 Å². The molecule has 26 heavy (non-hydrogen) atoms. The molecule has 0 saturated heterocycles. The molecular weight excluding hydrogens is 345 g/mol. The lowest BCUT2D eigenvalue weighted by Crippen LogP contribution is -2.13. The third-order valence-corrected chi connectivity index (χ3v) is 4.95. The van der Waals surface area contributed by atoms with Gasteiger partial charge in [0.25, 0.3) is 0 Å². The van der Waals surface area contributed by atoms with E-state index in [1.54, 1.807) is 23.9 Å². The average Bonchev–Trinajstić information content (AvgIpc) is 2.66. The second kappa shape index (κ2) is 9.20. The van der Waals surface area contributed by atoms with Crippen molar-refractivity contribution in [2.24, 2.45) is 0 Å². The summed E-state index contributed by atoms with van der Waals surface area (Å²) < 4.78 is 12.9. The van der Waals surface area contributed by atoms with Crippen molar-refractivity contribution in [3.05, 3.63) is 95.8 Å². The van der Waals surface area contributed by atoms with Crippen LogP contribution in [0.15, 0.2) is 83.8 Å². The molecule has 0 bridgehead atoms. The van der Waals surface area contributed by atoms with E-state index in [-0.39, 0.29) is 11.7 Å². The number of nitrogens with one attached hydrogen (secondary N) is 1. The lowest BCUT2D eigenvalue weighted by molar-refractivity contribution is -0.115. The zero-order chi connectivity index (χ0) is 18.2. The van der Waals surface area contributed by atoms with Gasteiger partial charge in [-0.3, -0.25) is 4.79 Å². The van der Waals surface area contributed by atoms with Crippen LogP contribution in [-0.2, 0) is 11.2 Å². The van der Waals surface area contributed by atoms with Crippen LogP contribution in [0.4, 0.5) is 10.1 Å². The Hall–Kier alpha value is -2.59. The molecule has 0 fully saturated rings.